The van der Waals surface area contributed by atoms with Gasteiger partial charge in [-0.2, -0.15) is 0 Å². The number of hydrogen-bond donors (Lipinski definition) is 1. The van der Waals surface area contributed by atoms with Gasteiger partial charge < -0.3 is 9.88 Å². The van der Waals surface area contributed by atoms with Gasteiger partial charge in [0.15, 0.2) is 0 Å². The van der Waals surface area contributed by atoms with Crippen molar-refractivity contribution in [3.63, 3.8) is 0 Å². The summed E-state index contributed by atoms with van der Waals surface area (Å²) in [5.74, 6) is 0.729. The van der Waals surface area contributed by atoms with Crippen LogP contribution in [-0.4, -0.2) is 56.3 Å². The Morgan fingerprint density at radius 1 is 1.28 bits per heavy atom. The molecule has 0 aliphatic carbocycles. The number of H-pyrrole nitrogens is 1. The van der Waals surface area contributed by atoms with Gasteiger partial charge in [-0.15, -0.1) is 11.3 Å². The normalized spacial score (nSPS) is 23.9. The second-order valence-corrected chi connectivity index (χ2v) is 8.57. The lowest BCUT2D eigenvalue weighted by atomic mass is 9.95. The summed E-state index contributed by atoms with van der Waals surface area (Å²) >= 11 is 1.53. The molecule has 0 radical (unpaired) electrons. The maximum absolute atomic E-state index is 13.1. The molecular formula is C18H25N5OS. The van der Waals surface area contributed by atoms with Gasteiger partial charge >= 0.3 is 0 Å². The summed E-state index contributed by atoms with van der Waals surface area (Å²) in [6.45, 7) is 9.70. The summed E-state index contributed by atoms with van der Waals surface area (Å²) in [6, 6.07) is 0.298. The zero-order chi connectivity index (χ0) is 17.6. The quantitative estimate of drug-likeness (QED) is 0.915. The van der Waals surface area contributed by atoms with E-state index < -0.39 is 0 Å². The number of aromatic amines is 1. The lowest BCUT2D eigenvalue weighted by molar-refractivity contribution is 0.0589. The van der Waals surface area contributed by atoms with Crippen LogP contribution in [-0.2, 0) is 6.54 Å². The molecule has 3 aliphatic heterocycles. The highest BCUT2D eigenvalue weighted by atomic mass is 32.1. The van der Waals surface area contributed by atoms with E-state index in [9.17, 15) is 4.79 Å². The first-order chi connectivity index (χ1) is 12.0. The van der Waals surface area contributed by atoms with Crippen LogP contribution in [0.15, 0.2) is 6.33 Å². The van der Waals surface area contributed by atoms with Gasteiger partial charge in [0.05, 0.1) is 22.7 Å². The lowest BCUT2D eigenvalue weighted by Gasteiger charge is -2.36. The van der Waals surface area contributed by atoms with Crippen LogP contribution in [0.2, 0.25) is 0 Å². The Bertz CT molecular complexity index is 782. The van der Waals surface area contributed by atoms with Crippen LogP contribution in [0, 0.1) is 26.7 Å². The first-order valence-corrected chi connectivity index (χ1v) is 9.79. The summed E-state index contributed by atoms with van der Waals surface area (Å²) in [4.78, 5) is 30.6. The van der Waals surface area contributed by atoms with Crippen LogP contribution >= 0.6 is 11.3 Å². The number of imidazole rings is 1. The monoisotopic (exact) mass is 359 g/mol. The molecule has 0 aromatic carbocycles. The number of thiazole rings is 1. The number of aromatic nitrogens is 3. The van der Waals surface area contributed by atoms with Gasteiger partial charge in [-0.05, 0) is 39.5 Å². The highest BCUT2D eigenvalue weighted by molar-refractivity contribution is 7.13. The Balaban J connectivity index is 1.52. The van der Waals surface area contributed by atoms with Crippen LogP contribution in [0.4, 0.5) is 0 Å². The van der Waals surface area contributed by atoms with E-state index in [2.05, 4.69) is 31.7 Å². The minimum Gasteiger partial charge on any atom is -0.348 e. The van der Waals surface area contributed by atoms with Crippen molar-refractivity contribution in [3.05, 3.63) is 33.3 Å². The van der Waals surface area contributed by atoms with Crippen molar-refractivity contribution in [2.75, 3.05) is 19.6 Å². The van der Waals surface area contributed by atoms with Crippen LogP contribution in [0.25, 0.3) is 0 Å². The molecule has 1 amide bonds. The van der Waals surface area contributed by atoms with Crippen molar-refractivity contribution >= 4 is 17.2 Å². The minimum absolute atomic E-state index is 0.176. The van der Waals surface area contributed by atoms with Crippen molar-refractivity contribution in [1.29, 1.82) is 0 Å². The van der Waals surface area contributed by atoms with Gasteiger partial charge in [0.25, 0.3) is 5.91 Å². The molecular weight excluding hydrogens is 334 g/mol. The van der Waals surface area contributed by atoms with Gasteiger partial charge in [0, 0.05) is 37.9 Å². The fourth-order valence-corrected chi connectivity index (χ4v) is 5.05. The number of piperidine rings is 1. The molecule has 7 heteroatoms. The van der Waals surface area contributed by atoms with Gasteiger partial charge in [0.1, 0.15) is 4.88 Å². The van der Waals surface area contributed by atoms with Crippen LogP contribution < -0.4 is 0 Å². The van der Waals surface area contributed by atoms with Crippen molar-refractivity contribution < 1.29 is 4.79 Å². The zero-order valence-corrected chi connectivity index (χ0v) is 15.9. The number of amides is 1. The third-order valence-corrected chi connectivity index (χ3v) is 6.52. The number of fused-ring (bicyclic) bond motifs is 4. The van der Waals surface area contributed by atoms with Gasteiger partial charge in [-0.25, -0.2) is 9.97 Å². The van der Waals surface area contributed by atoms with Crippen molar-refractivity contribution in [3.8, 4) is 0 Å². The predicted octanol–water partition coefficient (Wildman–Crippen LogP) is 2.53. The summed E-state index contributed by atoms with van der Waals surface area (Å²) in [7, 11) is 0. The first-order valence-electron chi connectivity index (χ1n) is 8.97. The Kier molecular flexibility index (Phi) is 4.37. The third-order valence-electron chi connectivity index (χ3n) is 5.46. The molecule has 5 rings (SSSR count). The molecule has 2 bridgehead atoms. The number of nitrogens with one attached hydrogen (secondary N) is 1. The molecule has 134 valence electrons. The molecule has 3 saturated heterocycles. The molecule has 2 aromatic rings. The molecule has 0 unspecified atom stereocenters. The molecule has 2 aromatic heterocycles. The van der Waals surface area contributed by atoms with E-state index in [1.807, 2.05) is 13.8 Å². The Labute approximate surface area is 152 Å². The number of carbonyl (C=O) groups is 1. The van der Waals surface area contributed by atoms with E-state index in [0.717, 1.165) is 59.6 Å². The molecule has 25 heavy (non-hydrogen) atoms. The number of nitrogens with zero attached hydrogens (tertiary/aromatic N) is 4. The third kappa shape index (κ3) is 3.22. The van der Waals surface area contributed by atoms with Gasteiger partial charge in [-0.1, -0.05) is 0 Å². The molecule has 0 spiro atoms. The second kappa shape index (κ2) is 6.53. The smallest absolute Gasteiger partial charge is 0.266 e. The van der Waals surface area contributed by atoms with Crippen LogP contribution in [0.1, 0.15) is 44.6 Å². The maximum Gasteiger partial charge on any atom is 0.266 e. The average molecular weight is 359 g/mol. The van der Waals surface area contributed by atoms with Gasteiger partial charge in [-0.3, -0.25) is 9.69 Å². The first kappa shape index (κ1) is 16.7. The van der Waals surface area contributed by atoms with E-state index in [1.165, 1.54) is 17.8 Å². The highest BCUT2D eigenvalue weighted by Crippen LogP contribution is 2.31. The van der Waals surface area contributed by atoms with Crippen LogP contribution in [0.5, 0.6) is 0 Å². The molecule has 2 atom stereocenters. The topological polar surface area (TPSA) is 65.1 Å². The fraction of sp³-hybridized carbons (Fsp3) is 0.611. The molecule has 0 saturated carbocycles. The SMILES string of the molecule is Cc1nc(C)c(C(=O)N2C[C@H]3CC[C@@H]2CN(Cc2nc[nH]c2C)C3)s1. The Morgan fingerprint density at radius 3 is 2.80 bits per heavy atom. The second-order valence-electron chi connectivity index (χ2n) is 7.37. The molecule has 1 N–H and O–H groups in total. The molecule has 6 nitrogen and oxygen atoms in total. The van der Waals surface area contributed by atoms with Crippen molar-refractivity contribution in [2.45, 2.75) is 46.2 Å². The average Bonchev–Trinajstić information content (AvgIpc) is 3.00. The maximum atomic E-state index is 13.1. The van der Waals surface area contributed by atoms with E-state index >= 15 is 0 Å². The summed E-state index contributed by atoms with van der Waals surface area (Å²) in [6.07, 6.45) is 4.08. The number of carbonyl (C=O) groups excluding carboxylic acids is 1. The lowest BCUT2D eigenvalue weighted by Crippen LogP contribution is -2.47. The Morgan fingerprint density at radius 2 is 2.12 bits per heavy atom. The zero-order valence-electron chi connectivity index (χ0n) is 15.1. The summed E-state index contributed by atoms with van der Waals surface area (Å²) < 4.78 is 0. The standard InChI is InChI=1S/C18H25N5OS/c1-11-16(20-10-19-11)9-22-6-14-4-5-15(8-22)23(7-14)18(24)17-12(2)21-13(3)25-17/h10,14-15H,4-9H2,1-3H3,(H,19,20)/t14-,15+/m0/s1. The van der Waals surface area contributed by atoms with E-state index in [0.29, 0.717) is 12.0 Å². The predicted molar refractivity (Wildman–Crippen MR) is 97.7 cm³/mol. The van der Waals surface area contributed by atoms with Crippen LogP contribution in [0.3, 0.4) is 0 Å². The van der Waals surface area contributed by atoms with Gasteiger partial charge in [0.2, 0.25) is 0 Å². The molecule has 5 heterocycles. The Hall–Kier alpha value is -1.73. The van der Waals surface area contributed by atoms with Crippen molar-refractivity contribution in [2.24, 2.45) is 5.92 Å². The highest BCUT2D eigenvalue weighted by Gasteiger charge is 2.38. The largest absolute Gasteiger partial charge is 0.348 e. The molecule has 3 fully saturated rings. The summed E-state index contributed by atoms with van der Waals surface area (Å²) in [5.41, 5.74) is 3.13. The molecule has 3 aliphatic rings. The van der Waals surface area contributed by atoms with E-state index in [1.54, 1.807) is 6.33 Å². The fourth-order valence-electron chi connectivity index (χ4n) is 4.18. The van der Waals surface area contributed by atoms with Crippen molar-refractivity contribution in [1.82, 2.24) is 24.8 Å². The summed E-state index contributed by atoms with van der Waals surface area (Å²) in [5, 5.41) is 0.969. The number of hydrogen-bond acceptors (Lipinski definition) is 5. The van der Waals surface area contributed by atoms with E-state index in [4.69, 9.17) is 0 Å². The number of rotatable bonds is 3. The number of aryl methyl sites for hydroxylation is 3. The minimum atomic E-state index is 0.176. The van der Waals surface area contributed by atoms with E-state index in [-0.39, 0.29) is 5.91 Å².